The van der Waals surface area contributed by atoms with E-state index in [1.165, 1.54) is 12.1 Å². The topological polar surface area (TPSA) is 17.1 Å². The first-order valence-corrected chi connectivity index (χ1v) is 4.66. The molecule has 1 fully saturated rings. The van der Waals surface area contributed by atoms with E-state index in [1.54, 1.807) is 12.1 Å². The average Bonchev–Trinajstić information content (AvgIpc) is 2.50. The molecule has 0 spiro atoms. The summed E-state index contributed by atoms with van der Waals surface area (Å²) >= 11 is 0. The molecule has 0 aliphatic heterocycles. The number of halogens is 1. The summed E-state index contributed by atoms with van der Waals surface area (Å²) in [6.45, 7) is 3.77. The number of carbonyl (C=O) groups is 1. The molecule has 2 heteroatoms. The van der Waals surface area contributed by atoms with E-state index >= 15 is 0 Å². The second kappa shape index (κ2) is 3.37. The number of ketones is 1. The van der Waals surface area contributed by atoms with E-state index in [1.807, 2.05) is 0 Å². The highest BCUT2D eigenvalue weighted by Gasteiger charge is 2.27. The minimum atomic E-state index is -0.247. The Hall–Kier alpha value is -1.44. The zero-order valence-corrected chi connectivity index (χ0v) is 7.79. The summed E-state index contributed by atoms with van der Waals surface area (Å²) in [6, 6.07) is 6.30. The first-order chi connectivity index (χ1) is 6.68. The van der Waals surface area contributed by atoms with Crippen molar-refractivity contribution in [2.45, 2.75) is 18.8 Å². The van der Waals surface area contributed by atoms with Crippen LogP contribution in [0.4, 0.5) is 4.39 Å². The van der Waals surface area contributed by atoms with Gasteiger partial charge in [-0.3, -0.25) is 4.79 Å². The van der Waals surface area contributed by atoms with E-state index in [4.69, 9.17) is 0 Å². The third-order valence-electron chi connectivity index (χ3n) is 2.71. The molecule has 0 bridgehead atoms. The van der Waals surface area contributed by atoms with Crippen molar-refractivity contribution in [1.82, 2.24) is 0 Å². The van der Waals surface area contributed by atoms with Gasteiger partial charge < -0.3 is 0 Å². The highest BCUT2D eigenvalue weighted by molar-refractivity contribution is 5.98. The first kappa shape index (κ1) is 9.13. The Bertz CT molecular complexity index is 378. The van der Waals surface area contributed by atoms with Crippen molar-refractivity contribution in [2.75, 3.05) is 0 Å². The maximum atomic E-state index is 12.7. The molecule has 0 aromatic heterocycles. The maximum Gasteiger partial charge on any atom is 0.158 e. The zero-order chi connectivity index (χ0) is 10.1. The number of hydrogen-bond acceptors (Lipinski definition) is 1. The molecule has 0 heterocycles. The lowest BCUT2D eigenvalue weighted by Crippen LogP contribution is -1.98. The lowest BCUT2D eigenvalue weighted by Gasteiger charge is -2.09. The molecule has 1 aliphatic rings. The summed E-state index contributed by atoms with van der Waals surface area (Å²) in [5.74, 6) is -0.00823. The van der Waals surface area contributed by atoms with Crippen LogP contribution in [-0.2, 0) is 4.79 Å². The van der Waals surface area contributed by atoms with Crippen LogP contribution in [0.25, 0.3) is 0 Å². The number of allylic oxidation sites excluding steroid dienone is 1. The van der Waals surface area contributed by atoms with Crippen LogP contribution in [0, 0.1) is 5.82 Å². The number of Topliss-reactive ketones (excluding diaryl/α,β-unsaturated/α-hetero) is 1. The Morgan fingerprint density at radius 1 is 1.29 bits per heavy atom. The molecule has 0 amide bonds. The van der Waals surface area contributed by atoms with Crippen molar-refractivity contribution in [3.63, 3.8) is 0 Å². The van der Waals surface area contributed by atoms with E-state index in [-0.39, 0.29) is 17.5 Å². The number of rotatable bonds is 1. The second-order valence-electron chi connectivity index (χ2n) is 3.59. The Balaban J connectivity index is 2.28. The third-order valence-corrected chi connectivity index (χ3v) is 2.71. The van der Waals surface area contributed by atoms with E-state index in [9.17, 15) is 9.18 Å². The van der Waals surface area contributed by atoms with Crippen molar-refractivity contribution in [3.8, 4) is 0 Å². The van der Waals surface area contributed by atoms with Gasteiger partial charge in [0.15, 0.2) is 5.78 Å². The van der Waals surface area contributed by atoms with Gasteiger partial charge in [0.2, 0.25) is 0 Å². The van der Waals surface area contributed by atoms with Crippen LogP contribution in [0.2, 0.25) is 0 Å². The summed E-state index contributed by atoms with van der Waals surface area (Å²) < 4.78 is 12.7. The van der Waals surface area contributed by atoms with Gasteiger partial charge >= 0.3 is 0 Å². The number of hydrogen-bond donors (Lipinski definition) is 0. The highest BCUT2D eigenvalue weighted by Crippen LogP contribution is 2.35. The van der Waals surface area contributed by atoms with Gasteiger partial charge in [0.1, 0.15) is 5.82 Å². The SMILES string of the molecule is C=C1C(=O)CCC1c1ccc(F)cc1. The standard InChI is InChI=1S/C12H11FO/c1-8-11(6-7-12(8)14)9-2-4-10(13)5-3-9/h2-5,11H,1,6-7H2. The van der Waals surface area contributed by atoms with Crippen LogP contribution in [0.3, 0.4) is 0 Å². The fourth-order valence-corrected chi connectivity index (χ4v) is 1.87. The van der Waals surface area contributed by atoms with Crippen LogP contribution in [0.1, 0.15) is 24.3 Å². The molecule has 2 rings (SSSR count). The van der Waals surface area contributed by atoms with Crippen LogP contribution < -0.4 is 0 Å². The largest absolute Gasteiger partial charge is 0.295 e. The minimum Gasteiger partial charge on any atom is -0.295 e. The zero-order valence-electron chi connectivity index (χ0n) is 7.79. The normalized spacial score (nSPS) is 21.6. The van der Waals surface area contributed by atoms with Gasteiger partial charge in [0.25, 0.3) is 0 Å². The Morgan fingerprint density at radius 3 is 2.43 bits per heavy atom. The molecule has 1 saturated carbocycles. The Labute approximate surface area is 82.3 Å². The van der Waals surface area contributed by atoms with Crippen LogP contribution in [0.15, 0.2) is 36.4 Å². The lowest BCUT2D eigenvalue weighted by molar-refractivity contribution is -0.114. The molecule has 14 heavy (non-hydrogen) atoms. The summed E-state index contributed by atoms with van der Waals surface area (Å²) in [4.78, 5) is 11.3. The molecule has 1 nitrogen and oxygen atoms in total. The van der Waals surface area contributed by atoms with Crippen LogP contribution >= 0.6 is 0 Å². The van der Waals surface area contributed by atoms with E-state index < -0.39 is 0 Å². The summed E-state index contributed by atoms with van der Waals surface area (Å²) in [6.07, 6.45) is 1.38. The second-order valence-corrected chi connectivity index (χ2v) is 3.59. The predicted molar refractivity (Wildman–Crippen MR) is 52.5 cm³/mol. The molecular weight excluding hydrogens is 179 g/mol. The van der Waals surface area contributed by atoms with Gasteiger partial charge in [-0.15, -0.1) is 0 Å². The fraction of sp³-hybridized carbons (Fsp3) is 0.250. The molecule has 0 saturated heterocycles. The van der Waals surface area contributed by atoms with Gasteiger partial charge in [-0.2, -0.15) is 0 Å². The highest BCUT2D eigenvalue weighted by atomic mass is 19.1. The van der Waals surface area contributed by atoms with Crippen molar-refractivity contribution in [1.29, 1.82) is 0 Å². The summed E-state index contributed by atoms with van der Waals surface area (Å²) in [5.41, 5.74) is 1.65. The molecule has 0 radical (unpaired) electrons. The van der Waals surface area contributed by atoms with Crippen molar-refractivity contribution in [3.05, 3.63) is 47.8 Å². The smallest absolute Gasteiger partial charge is 0.158 e. The van der Waals surface area contributed by atoms with Crippen molar-refractivity contribution >= 4 is 5.78 Å². The molecular formula is C12H11FO. The molecule has 0 N–H and O–H groups in total. The van der Waals surface area contributed by atoms with Gasteiger partial charge in [0, 0.05) is 12.3 Å². The molecule has 1 aromatic rings. The first-order valence-electron chi connectivity index (χ1n) is 4.66. The van der Waals surface area contributed by atoms with E-state index in [0.29, 0.717) is 12.0 Å². The van der Waals surface area contributed by atoms with E-state index in [2.05, 4.69) is 6.58 Å². The predicted octanol–water partition coefficient (Wildman–Crippen LogP) is 2.83. The van der Waals surface area contributed by atoms with Crippen molar-refractivity contribution in [2.24, 2.45) is 0 Å². The molecule has 1 unspecified atom stereocenters. The van der Waals surface area contributed by atoms with Gasteiger partial charge in [-0.1, -0.05) is 18.7 Å². The molecule has 72 valence electrons. The summed E-state index contributed by atoms with van der Waals surface area (Å²) in [7, 11) is 0. The molecule has 1 atom stereocenters. The lowest BCUT2D eigenvalue weighted by atomic mass is 9.94. The van der Waals surface area contributed by atoms with Crippen molar-refractivity contribution < 1.29 is 9.18 Å². The van der Waals surface area contributed by atoms with E-state index in [0.717, 1.165) is 12.0 Å². The maximum absolute atomic E-state index is 12.7. The van der Waals surface area contributed by atoms with Gasteiger partial charge in [-0.25, -0.2) is 4.39 Å². The molecule has 1 aromatic carbocycles. The van der Waals surface area contributed by atoms with Gasteiger partial charge in [-0.05, 0) is 29.7 Å². The van der Waals surface area contributed by atoms with Crippen LogP contribution in [-0.4, -0.2) is 5.78 Å². The average molecular weight is 190 g/mol. The molecule has 1 aliphatic carbocycles. The summed E-state index contributed by atoms with van der Waals surface area (Å²) in [5, 5.41) is 0. The third kappa shape index (κ3) is 1.48. The monoisotopic (exact) mass is 190 g/mol. The van der Waals surface area contributed by atoms with Crippen LogP contribution in [0.5, 0.6) is 0 Å². The van der Waals surface area contributed by atoms with Gasteiger partial charge in [0.05, 0.1) is 0 Å². The number of carbonyl (C=O) groups excluding carboxylic acids is 1. The fourth-order valence-electron chi connectivity index (χ4n) is 1.87. The minimum absolute atomic E-state index is 0.100. The quantitative estimate of drug-likeness (QED) is 0.622. The Morgan fingerprint density at radius 2 is 1.93 bits per heavy atom. The number of benzene rings is 1. The Kier molecular flexibility index (Phi) is 2.20.